The Morgan fingerprint density at radius 2 is 2.05 bits per heavy atom. The van der Waals surface area contributed by atoms with E-state index in [-0.39, 0.29) is 0 Å². The highest BCUT2D eigenvalue weighted by molar-refractivity contribution is 5.26. The van der Waals surface area contributed by atoms with Crippen LogP contribution >= 0.6 is 0 Å². The number of ether oxygens (including phenoxy) is 1. The first-order valence-electron chi connectivity index (χ1n) is 7.52. The third-order valence-corrected chi connectivity index (χ3v) is 3.42. The van der Waals surface area contributed by atoms with E-state index in [4.69, 9.17) is 4.74 Å². The van der Waals surface area contributed by atoms with Gasteiger partial charge in [0, 0.05) is 12.2 Å². The van der Waals surface area contributed by atoms with Crippen LogP contribution in [0, 0.1) is 5.92 Å². The Morgan fingerprint density at radius 1 is 1.26 bits per heavy atom. The standard InChI is InChI=1S/C16H28N2O/c1-5-8-18-16(9-13(4)6-2)14-10-15(19-7-3)12-17-11-14/h10-13,16,18H,5-9H2,1-4H3. The fraction of sp³-hybridized carbons (Fsp3) is 0.688. The Bertz CT molecular complexity index is 354. The highest BCUT2D eigenvalue weighted by atomic mass is 16.5. The van der Waals surface area contributed by atoms with Gasteiger partial charge in [-0.25, -0.2) is 0 Å². The number of aromatic nitrogens is 1. The molecule has 1 rings (SSSR count). The quantitative estimate of drug-likeness (QED) is 0.733. The summed E-state index contributed by atoms with van der Waals surface area (Å²) in [4.78, 5) is 4.30. The molecular formula is C16H28N2O. The zero-order valence-electron chi connectivity index (χ0n) is 12.8. The van der Waals surface area contributed by atoms with Crippen molar-refractivity contribution in [1.82, 2.24) is 10.3 Å². The van der Waals surface area contributed by atoms with Crippen molar-refractivity contribution in [2.45, 2.75) is 53.0 Å². The van der Waals surface area contributed by atoms with Gasteiger partial charge in [0.1, 0.15) is 5.75 Å². The minimum Gasteiger partial charge on any atom is -0.492 e. The first kappa shape index (κ1) is 16.0. The summed E-state index contributed by atoms with van der Waals surface area (Å²) in [6.07, 6.45) is 7.25. The van der Waals surface area contributed by atoms with E-state index in [0.29, 0.717) is 18.6 Å². The first-order chi connectivity index (χ1) is 9.21. The van der Waals surface area contributed by atoms with Gasteiger partial charge in [-0.2, -0.15) is 0 Å². The molecule has 19 heavy (non-hydrogen) atoms. The zero-order chi connectivity index (χ0) is 14.1. The minimum absolute atomic E-state index is 0.378. The summed E-state index contributed by atoms with van der Waals surface area (Å²) in [5, 5.41) is 3.62. The second-order valence-corrected chi connectivity index (χ2v) is 5.14. The van der Waals surface area contributed by atoms with E-state index in [1.165, 1.54) is 12.0 Å². The van der Waals surface area contributed by atoms with Crippen molar-refractivity contribution < 1.29 is 4.74 Å². The normalized spacial score (nSPS) is 14.1. The van der Waals surface area contributed by atoms with Gasteiger partial charge in [-0.05, 0) is 43.9 Å². The largest absolute Gasteiger partial charge is 0.492 e. The molecule has 0 aliphatic carbocycles. The maximum absolute atomic E-state index is 5.54. The Kier molecular flexibility index (Phi) is 7.49. The highest BCUT2D eigenvalue weighted by Crippen LogP contribution is 2.25. The molecule has 1 aromatic heterocycles. The molecule has 2 atom stereocenters. The molecule has 1 aromatic rings. The van der Waals surface area contributed by atoms with Crippen LogP contribution in [0.15, 0.2) is 18.5 Å². The van der Waals surface area contributed by atoms with Gasteiger partial charge in [0.2, 0.25) is 0 Å². The number of rotatable bonds is 9. The number of hydrogen-bond donors (Lipinski definition) is 1. The summed E-state index contributed by atoms with van der Waals surface area (Å²) in [6, 6.07) is 2.49. The van der Waals surface area contributed by atoms with E-state index in [1.807, 2.05) is 13.1 Å². The van der Waals surface area contributed by atoms with Crippen molar-refractivity contribution >= 4 is 0 Å². The first-order valence-corrected chi connectivity index (χ1v) is 7.52. The van der Waals surface area contributed by atoms with E-state index >= 15 is 0 Å². The fourth-order valence-corrected chi connectivity index (χ4v) is 2.10. The van der Waals surface area contributed by atoms with Gasteiger partial charge in [0.25, 0.3) is 0 Å². The van der Waals surface area contributed by atoms with Crippen molar-refractivity contribution in [2.75, 3.05) is 13.2 Å². The van der Waals surface area contributed by atoms with Crippen LogP contribution < -0.4 is 10.1 Å². The summed E-state index contributed by atoms with van der Waals surface area (Å²) < 4.78 is 5.54. The van der Waals surface area contributed by atoms with Crippen LogP contribution in [0.5, 0.6) is 5.75 Å². The average Bonchev–Trinajstić information content (AvgIpc) is 2.43. The number of nitrogens with one attached hydrogen (secondary N) is 1. The molecule has 3 nitrogen and oxygen atoms in total. The van der Waals surface area contributed by atoms with Crippen LogP contribution in [0.2, 0.25) is 0 Å². The van der Waals surface area contributed by atoms with Gasteiger partial charge in [0.05, 0.1) is 12.8 Å². The summed E-state index contributed by atoms with van der Waals surface area (Å²) in [7, 11) is 0. The van der Waals surface area contributed by atoms with Crippen molar-refractivity contribution in [3.63, 3.8) is 0 Å². The lowest BCUT2D eigenvalue weighted by Gasteiger charge is -2.22. The van der Waals surface area contributed by atoms with E-state index in [1.54, 1.807) is 6.20 Å². The van der Waals surface area contributed by atoms with E-state index in [0.717, 1.165) is 25.1 Å². The molecular weight excluding hydrogens is 236 g/mol. The summed E-state index contributed by atoms with van der Waals surface area (Å²) in [6.45, 7) is 10.5. The molecule has 1 N–H and O–H groups in total. The van der Waals surface area contributed by atoms with Gasteiger partial charge < -0.3 is 10.1 Å². The van der Waals surface area contributed by atoms with Crippen molar-refractivity contribution in [3.05, 3.63) is 24.0 Å². The van der Waals surface area contributed by atoms with E-state index in [9.17, 15) is 0 Å². The SMILES string of the molecule is CCCNC(CC(C)CC)c1cncc(OCC)c1. The smallest absolute Gasteiger partial charge is 0.137 e. The lowest BCUT2D eigenvalue weighted by Crippen LogP contribution is -2.24. The molecule has 0 aliphatic rings. The second kappa shape index (κ2) is 8.92. The summed E-state index contributed by atoms with van der Waals surface area (Å²) >= 11 is 0. The maximum atomic E-state index is 5.54. The highest BCUT2D eigenvalue weighted by Gasteiger charge is 2.15. The maximum Gasteiger partial charge on any atom is 0.137 e. The van der Waals surface area contributed by atoms with Gasteiger partial charge in [-0.15, -0.1) is 0 Å². The lowest BCUT2D eigenvalue weighted by atomic mass is 9.95. The molecule has 0 aliphatic heterocycles. The molecule has 1 heterocycles. The van der Waals surface area contributed by atoms with E-state index in [2.05, 4.69) is 37.1 Å². The molecule has 0 fully saturated rings. The van der Waals surface area contributed by atoms with Crippen molar-refractivity contribution in [3.8, 4) is 5.75 Å². The van der Waals surface area contributed by atoms with Crippen molar-refractivity contribution in [1.29, 1.82) is 0 Å². The van der Waals surface area contributed by atoms with Crippen LogP contribution in [-0.4, -0.2) is 18.1 Å². The summed E-state index contributed by atoms with van der Waals surface area (Å²) in [5.41, 5.74) is 1.24. The molecule has 0 radical (unpaired) electrons. The van der Waals surface area contributed by atoms with Gasteiger partial charge in [0.15, 0.2) is 0 Å². The van der Waals surface area contributed by atoms with Crippen LogP contribution in [0.3, 0.4) is 0 Å². The van der Waals surface area contributed by atoms with Crippen molar-refractivity contribution in [2.24, 2.45) is 5.92 Å². The zero-order valence-corrected chi connectivity index (χ0v) is 12.8. The lowest BCUT2D eigenvalue weighted by molar-refractivity contribution is 0.336. The molecule has 108 valence electrons. The average molecular weight is 264 g/mol. The number of nitrogens with zero attached hydrogens (tertiary/aromatic N) is 1. The molecule has 0 saturated heterocycles. The van der Waals surface area contributed by atoms with Crippen LogP contribution in [0.1, 0.15) is 58.6 Å². The molecule has 3 heteroatoms. The van der Waals surface area contributed by atoms with Crippen LogP contribution in [0.4, 0.5) is 0 Å². The third kappa shape index (κ3) is 5.60. The topological polar surface area (TPSA) is 34.2 Å². The monoisotopic (exact) mass is 264 g/mol. The Hall–Kier alpha value is -1.09. The summed E-state index contributed by atoms with van der Waals surface area (Å²) in [5.74, 6) is 1.58. The minimum atomic E-state index is 0.378. The second-order valence-electron chi connectivity index (χ2n) is 5.14. The number of pyridine rings is 1. The molecule has 0 saturated carbocycles. The van der Waals surface area contributed by atoms with Crippen LogP contribution in [0.25, 0.3) is 0 Å². The Morgan fingerprint density at radius 3 is 2.68 bits per heavy atom. The third-order valence-electron chi connectivity index (χ3n) is 3.42. The van der Waals surface area contributed by atoms with Gasteiger partial charge in [-0.1, -0.05) is 27.2 Å². The predicted molar refractivity (Wildman–Crippen MR) is 80.5 cm³/mol. The van der Waals surface area contributed by atoms with Gasteiger partial charge in [-0.3, -0.25) is 4.98 Å². The molecule has 0 amide bonds. The van der Waals surface area contributed by atoms with Gasteiger partial charge >= 0.3 is 0 Å². The molecule has 0 aromatic carbocycles. The molecule has 0 spiro atoms. The predicted octanol–water partition coefficient (Wildman–Crippen LogP) is 3.96. The Balaban J connectivity index is 2.79. The van der Waals surface area contributed by atoms with E-state index < -0.39 is 0 Å². The number of hydrogen-bond acceptors (Lipinski definition) is 3. The molecule has 2 unspecified atom stereocenters. The molecule has 0 bridgehead atoms. The fourth-order valence-electron chi connectivity index (χ4n) is 2.10. The van der Waals surface area contributed by atoms with Crippen LogP contribution in [-0.2, 0) is 0 Å². The Labute approximate surface area is 117 Å².